The van der Waals surface area contributed by atoms with E-state index >= 15 is 0 Å². The summed E-state index contributed by atoms with van der Waals surface area (Å²) in [5.74, 6) is 0.647. The van der Waals surface area contributed by atoms with E-state index in [4.69, 9.17) is 11.6 Å². The third-order valence-electron chi connectivity index (χ3n) is 5.21. The van der Waals surface area contributed by atoms with Crippen molar-refractivity contribution in [2.24, 2.45) is 0 Å². The number of hydrogen-bond acceptors (Lipinski definition) is 7. The lowest BCUT2D eigenvalue weighted by molar-refractivity contribution is 0.0708. The maximum atomic E-state index is 13.1. The predicted octanol–water partition coefficient (Wildman–Crippen LogP) is 5.14. The number of likely N-dealkylation sites (tertiary alicyclic amines) is 1. The van der Waals surface area contributed by atoms with Gasteiger partial charge in [-0.15, -0.1) is 29.7 Å². The highest BCUT2D eigenvalue weighted by Crippen LogP contribution is 2.32. The van der Waals surface area contributed by atoms with Crippen LogP contribution in [0, 0.1) is 0 Å². The number of thiazole rings is 1. The number of anilines is 1. The van der Waals surface area contributed by atoms with E-state index in [1.165, 1.54) is 29.3 Å². The van der Waals surface area contributed by atoms with Crippen molar-refractivity contribution >= 4 is 52.2 Å². The minimum Gasteiger partial charge on any atom is -0.339 e. The number of nitrogens with zero attached hydrogens (tertiary/aromatic N) is 4. The van der Waals surface area contributed by atoms with E-state index in [2.05, 4.69) is 26.8 Å². The molecular weight excluding hydrogens is 478 g/mol. The molecule has 0 unspecified atom stereocenters. The molecular formula is C23H22ClN5O2S2. The van der Waals surface area contributed by atoms with Crippen LogP contribution >= 0.6 is 34.7 Å². The van der Waals surface area contributed by atoms with Crippen LogP contribution in [0.15, 0.2) is 59.7 Å². The van der Waals surface area contributed by atoms with Gasteiger partial charge in [0.15, 0.2) is 0 Å². The summed E-state index contributed by atoms with van der Waals surface area (Å²) in [5.41, 5.74) is 1.57. The number of halogens is 1. The molecule has 0 saturated carbocycles. The number of piperidine rings is 1. The minimum absolute atomic E-state index is 0.00360. The first kappa shape index (κ1) is 23.4. The zero-order valence-corrected chi connectivity index (χ0v) is 20.1. The Kier molecular flexibility index (Phi) is 7.74. The first-order valence-corrected chi connectivity index (χ1v) is 12.7. The molecule has 1 aliphatic heterocycles. The molecule has 0 aliphatic carbocycles. The van der Waals surface area contributed by atoms with Gasteiger partial charge in [0.1, 0.15) is 15.9 Å². The van der Waals surface area contributed by atoms with Crippen LogP contribution in [0.25, 0.3) is 0 Å². The molecule has 0 spiro atoms. The average Bonchev–Trinajstić information content (AvgIpc) is 3.35. The van der Waals surface area contributed by atoms with Crippen molar-refractivity contribution in [1.29, 1.82) is 0 Å². The van der Waals surface area contributed by atoms with Crippen LogP contribution in [0.3, 0.4) is 0 Å². The maximum Gasteiger partial charge on any atom is 0.275 e. The van der Waals surface area contributed by atoms with Gasteiger partial charge in [-0.1, -0.05) is 17.7 Å². The smallest absolute Gasteiger partial charge is 0.275 e. The van der Waals surface area contributed by atoms with Crippen molar-refractivity contribution in [1.82, 2.24) is 19.9 Å². The number of amides is 2. The van der Waals surface area contributed by atoms with Gasteiger partial charge in [-0.2, -0.15) is 0 Å². The van der Waals surface area contributed by atoms with Gasteiger partial charge in [0.2, 0.25) is 0 Å². The number of carbonyl (C=O) groups excluding carboxylic acids is 2. The first-order valence-electron chi connectivity index (χ1n) is 10.4. The highest BCUT2D eigenvalue weighted by atomic mass is 35.5. The van der Waals surface area contributed by atoms with Gasteiger partial charge in [-0.05, 0) is 37.1 Å². The topological polar surface area (TPSA) is 88.1 Å². The molecule has 0 radical (unpaired) electrons. The van der Waals surface area contributed by atoms with Gasteiger partial charge in [-0.25, -0.2) is 15.0 Å². The lowest BCUT2D eigenvalue weighted by Crippen LogP contribution is -2.38. The Balaban J connectivity index is 1.35. The van der Waals surface area contributed by atoms with Crippen LogP contribution in [-0.2, 0) is 0 Å². The Morgan fingerprint density at radius 1 is 1.27 bits per heavy atom. The number of carbonyl (C=O) groups is 2. The summed E-state index contributed by atoms with van der Waals surface area (Å²) in [7, 11) is 0. The Morgan fingerprint density at radius 2 is 2.09 bits per heavy atom. The van der Waals surface area contributed by atoms with Gasteiger partial charge >= 0.3 is 0 Å². The number of aromatic nitrogens is 3. The lowest BCUT2D eigenvalue weighted by Gasteiger charge is -2.31. The van der Waals surface area contributed by atoms with Crippen LogP contribution in [0.4, 0.5) is 5.69 Å². The Labute approximate surface area is 205 Å². The van der Waals surface area contributed by atoms with Gasteiger partial charge < -0.3 is 10.2 Å². The maximum absolute atomic E-state index is 13.1. The van der Waals surface area contributed by atoms with Crippen LogP contribution in [-0.4, -0.2) is 50.5 Å². The van der Waals surface area contributed by atoms with E-state index in [9.17, 15) is 9.59 Å². The number of rotatable bonds is 7. The van der Waals surface area contributed by atoms with Crippen molar-refractivity contribution in [3.05, 3.63) is 76.1 Å². The second-order valence-corrected chi connectivity index (χ2v) is 9.70. The highest BCUT2D eigenvalue weighted by molar-refractivity contribution is 7.99. The molecule has 2 amide bonds. The Bertz CT molecular complexity index is 1140. The molecule has 3 aromatic rings. The molecule has 7 nitrogen and oxygen atoms in total. The third kappa shape index (κ3) is 5.79. The van der Waals surface area contributed by atoms with Gasteiger partial charge in [0.05, 0.1) is 22.5 Å². The fraction of sp³-hybridized carbons (Fsp3) is 0.261. The summed E-state index contributed by atoms with van der Waals surface area (Å²) in [5, 5.41) is 6.57. The number of thioether (sulfide) groups is 1. The van der Waals surface area contributed by atoms with Crippen LogP contribution in [0.5, 0.6) is 0 Å². The zero-order chi connectivity index (χ0) is 23.2. The fourth-order valence-electron chi connectivity index (χ4n) is 3.53. The molecule has 1 saturated heterocycles. The van der Waals surface area contributed by atoms with E-state index in [1.54, 1.807) is 35.9 Å². The van der Waals surface area contributed by atoms with E-state index in [0.717, 1.165) is 22.9 Å². The minimum atomic E-state index is -0.282. The monoisotopic (exact) mass is 499 g/mol. The molecule has 1 fully saturated rings. The van der Waals surface area contributed by atoms with Crippen LogP contribution in [0.1, 0.15) is 44.6 Å². The van der Waals surface area contributed by atoms with Gasteiger partial charge in [0, 0.05) is 36.3 Å². The average molecular weight is 500 g/mol. The number of pyridine rings is 2. The standard InChI is InChI=1S/C23H22ClN5O2S2/c1-2-12-32-22-17(4-3-9-25-22)23(31)29-10-7-15(8-11-29)21-28-18(14-33-21)20(30)27-16-5-6-19(24)26-13-16/h2-6,9,13-15H,1,7-8,10-12H2,(H,27,30). The summed E-state index contributed by atoms with van der Waals surface area (Å²) in [6.45, 7) is 5.01. The summed E-state index contributed by atoms with van der Waals surface area (Å²) in [4.78, 5) is 40.3. The quantitative estimate of drug-likeness (QED) is 0.275. The zero-order valence-electron chi connectivity index (χ0n) is 17.7. The van der Waals surface area contributed by atoms with Gasteiger partial charge in [0.25, 0.3) is 11.8 Å². The number of hydrogen-bond donors (Lipinski definition) is 1. The van der Waals surface area contributed by atoms with Crippen LogP contribution in [0.2, 0.25) is 5.15 Å². The van der Waals surface area contributed by atoms with E-state index in [1.807, 2.05) is 11.0 Å². The summed E-state index contributed by atoms with van der Waals surface area (Å²) in [6, 6.07) is 6.93. The Morgan fingerprint density at radius 3 is 2.82 bits per heavy atom. The van der Waals surface area contributed by atoms with E-state index in [0.29, 0.717) is 40.9 Å². The largest absolute Gasteiger partial charge is 0.339 e. The molecule has 1 N–H and O–H groups in total. The molecule has 10 heteroatoms. The molecule has 4 rings (SSSR count). The second-order valence-electron chi connectivity index (χ2n) is 7.42. The first-order chi connectivity index (χ1) is 16.0. The molecule has 0 bridgehead atoms. The third-order valence-corrected chi connectivity index (χ3v) is 7.44. The molecule has 3 aromatic heterocycles. The molecule has 0 aromatic carbocycles. The van der Waals surface area contributed by atoms with Crippen LogP contribution < -0.4 is 5.32 Å². The fourth-order valence-corrected chi connectivity index (χ4v) is 5.34. The summed E-state index contributed by atoms with van der Waals surface area (Å²) >= 11 is 8.77. The lowest BCUT2D eigenvalue weighted by atomic mass is 9.97. The SMILES string of the molecule is C=CCSc1ncccc1C(=O)N1CCC(c2nc(C(=O)Nc3ccc(Cl)nc3)cs2)CC1. The second kappa shape index (κ2) is 10.9. The van der Waals surface area contributed by atoms with Crippen molar-refractivity contribution in [2.45, 2.75) is 23.8 Å². The normalized spacial score (nSPS) is 14.2. The van der Waals surface area contributed by atoms with Gasteiger partial charge in [-0.3, -0.25) is 9.59 Å². The Hall–Kier alpha value is -2.75. The predicted molar refractivity (Wildman–Crippen MR) is 132 cm³/mol. The number of nitrogens with one attached hydrogen (secondary N) is 1. The summed E-state index contributed by atoms with van der Waals surface area (Å²) < 4.78 is 0. The molecule has 1 aliphatic rings. The van der Waals surface area contributed by atoms with Crippen molar-refractivity contribution < 1.29 is 9.59 Å². The molecule has 33 heavy (non-hydrogen) atoms. The molecule has 0 atom stereocenters. The summed E-state index contributed by atoms with van der Waals surface area (Å²) in [6.07, 6.45) is 6.61. The van der Waals surface area contributed by atoms with Crippen molar-refractivity contribution in [2.75, 3.05) is 24.2 Å². The van der Waals surface area contributed by atoms with E-state index in [-0.39, 0.29) is 17.7 Å². The highest BCUT2D eigenvalue weighted by Gasteiger charge is 2.28. The van der Waals surface area contributed by atoms with E-state index < -0.39 is 0 Å². The molecule has 170 valence electrons. The van der Waals surface area contributed by atoms with Crippen molar-refractivity contribution in [3.63, 3.8) is 0 Å². The van der Waals surface area contributed by atoms with Crippen molar-refractivity contribution in [3.8, 4) is 0 Å². The molecule has 4 heterocycles.